The predicted octanol–water partition coefficient (Wildman–Crippen LogP) is 3.02. The smallest absolute Gasteiger partial charge is 0.0622 e. The molecule has 0 atom stereocenters. The number of unbranched alkanes of at least 4 members (excludes halogenated alkanes) is 1. The summed E-state index contributed by atoms with van der Waals surface area (Å²) in [7, 11) is 0. The fraction of sp³-hybridized carbons (Fsp3) is 0.417. The first-order valence-corrected chi connectivity index (χ1v) is 4.91. The van der Waals surface area contributed by atoms with Gasteiger partial charge < -0.3 is 5.32 Å². The fourth-order valence-electron chi connectivity index (χ4n) is 1.48. The van der Waals surface area contributed by atoms with Crippen LogP contribution in [0.2, 0.25) is 0 Å². The Kier molecular flexibility index (Phi) is 4.00. The van der Waals surface area contributed by atoms with Gasteiger partial charge in [-0.1, -0.05) is 6.07 Å². The van der Waals surface area contributed by atoms with Gasteiger partial charge in [0.2, 0.25) is 0 Å². The molecule has 0 saturated heterocycles. The molecule has 2 heteroatoms. The first-order valence-electron chi connectivity index (χ1n) is 4.91. The lowest BCUT2D eigenvalue weighted by molar-refractivity contribution is 0.897. The molecule has 1 aromatic carbocycles. The molecule has 1 N–H and O–H groups in total. The molecule has 0 fully saturated rings. The van der Waals surface area contributed by atoms with Crippen LogP contribution in [0.1, 0.15) is 24.0 Å². The van der Waals surface area contributed by atoms with E-state index in [9.17, 15) is 0 Å². The van der Waals surface area contributed by atoms with Crippen molar-refractivity contribution in [2.75, 3.05) is 11.9 Å². The number of hydrogen-bond donors (Lipinski definition) is 1. The summed E-state index contributed by atoms with van der Waals surface area (Å²) in [6, 6.07) is 8.54. The van der Waals surface area contributed by atoms with Gasteiger partial charge in [-0.05, 0) is 43.5 Å². The summed E-state index contributed by atoms with van der Waals surface area (Å²) < 4.78 is 0. The largest absolute Gasteiger partial charge is 0.385 e. The Bertz CT molecular complexity index is 316. The van der Waals surface area contributed by atoms with Gasteiger partial charge in [-0.15, -0.1) is 0 Å². The highest BCUT2D eigenvalue weighted by molar-refractivity contribution is 5.48. The van der Waals surface area contributed by atoms with Crippen LogP contribution in [0.25, 0.3) is 0 Å². The predicted molar refractivity (Wildman–Crippen MR) is 59.3 cm³/mol. The van der Waals surface area contributed by atoms with E-state index in [-0.39, 0.29) is 0 Å². The van der Waals surface area contributed by atoms with Crippen LogP contribution in [0.5, 0.6) is 0 Å². The number of nitrogens with one attached hydrogen (secondary N) is 1. The van der Waals surface area contributed by atoms with Crippen molar-refractivity contribution in [2.45, 2.75) is 26.7 Å². The van der Waals surface area contributed by atoms with Crippen LogP contribution in [0, 0.1) is 25.2 Å². The van der Waals surface area contributed by atoms with Gasteiger partial charge in [0.25, 0.3) is 0 Å². The Morgan fingerprint density at radius 2 is 1.86 bits per heavy atom. The van der Waals surface area contributed by atoms with Crippen molar-refractivity contribution in [2.24, 2.45) is 0 Å². The molecule has 1 aromatic rings. The minimum absolute atomic E-state index is 0.623. The average molecular weight is 188 g/mol. The second-order valence-electron chi connectivity index (χ2n) is 3.56. The second kappa shape index (κ2) is 5.29. The molecule has 0 bridgehead atoms. The third-order valence-electron chi connectivity index (χ3n) is 2.02. The van der Waals surface area contributed by atoms with Crippen molar-refractivity contribution >= 4 is 5.69 Å². The third kappa shape index (κ3) is 3.49. The van der Waals surface area contributed by atoms with Crippen LogP contribution >= 0.6 is 0 Å². The number of nitrogens with zero attached hydrogens (tertiary/aromatic N) is 1. The summed E-state index contributed by atoms with van der Waals surface area (Å²) in [5.41, 5.74) is 3.70. The number of benzene rings is 1. The van der Waals surface area contributed by atoms with Crippen molar-refractivity contribution in [1.29, 1.82) is 5.26 Å². The maximum Gasteiger partial charge on any atom is 0.0622 e. The molecular weight excluding hydrogens is 172 g/mol. The Morgan fingerprint density at radius 3 is 2.43 bits per heavy atom. The van der Waals surface area contributed by atoms with Gasteiger partial charge in [-0.25, -0.2) is 0 Å². The molecule has 0 radical (unpaired) electrons. The number of anilines is 1. The van der Waals surface area contributed by atoms with Crippen molar-refractivity contribution in [3.63, 3.8) is 0 Å². The van der Waals surface area contributed by atoms with Crippen LogP contribution < -0.4 is 5.32 Å². The van der Waals surface area contributed by atoms with Crippen molar-refractivity contribution in [3.05, 3.63) is 29.3 Å². The minimum Gasteiger partial charge on any atom is -0.385 e. The minimum atomic E-state index is 0.623. The molecule has 0 saturated carbocycles. The fourth-order valence-corrected chi connectivity index (χ4v) is 1.48. The molecule has 0 aliphatic rings. The summed E-state index contributed by atoms with van der Waals surface area (Å²) in [5, 5.41) is 11.7. The van der Waals surface area contributed by atoms with Crippen molar-refractivity contribution < 1.29 is 0 Å². The number of hydrogen-bond acceptors (Lipinski definition) is 2. The molecule has 0 aromatic heterocycles. The van der Waals surface area contributed by atoms with Gasteiger partial charge >= 0.3 is 0 Å². The Balaban J connectivity index is 2.47. The van der Waals surface area contributed by atoms with E-state index in [1.54, 1.807) is 0 Å². The molecule has 0 aliphatic carbocycles. The van der Waals surface area contributed by atoms with Gasteiger partial charge in [0, 0.05) is 18.7 Å². The quantitative estimate of drug-likeness (QED) is 0.737. The molecule has 0 aliphatic heterocycles. The molecule has 2 nitrogen and oxygen atoms in total. The summed E-state index contributed by atoms with van der Waals surface area (Å²) >= 11 is 0. The topological polar surface area (TPSA) is 35.8 Å². The van der Waals surface area contributed by atoms with Gasteiger partial charge in [-0.3, -0.25) is 0 Å². The molecule has 0 heterocycles. The molecular formula is C12H16N2. The van der Waals surface area contributed by atoms with E-state index < -0.39 is 0 Å². The van der Waals surface area contributed by atoms with Crippen molar-refractivity contribution in [3.8, 4) is 6.07 Å². The highest BCUT2D eigenvalue weighted by Crippen LogP contribution is 2.13. The monoisotopic (exact) mass is 188 g/mol. The van der Waals surface area contributed by atoms with E-state index in [4.69, 9.17) is 5.26 Å². The molecule has 1 rings (SSSR count). The zero-order valence-electron chi connectivity index (χ0n) is 8.80. The zero-order chi connectivity index (χ0) is 10.4. The number of rotatable bonds is 4. The Morgan fingerprint density at radius 1 is 1.21 bits per heavy atom. The van der Waals surface area contributed by atoms with Crippen LogP contribution in [-0.4, -0.2) is 6.54 Å². The molecule has 0 unspecified atom stereocenters. The lowest BCUT2D eigenvalue weighted by Crippen LogP contribution is -2.01. The second-order valence-corrected chi connectivity index (χ2v) is 3.56. The van der Waals surface area contributed by atoms with E-state index in [2.05, 4.69) is 43.4 Å². The SMILES string of the molecule is Cc1cc(C)cc(NCCCC#N)c1. The standard InChI is InChI=1S/C12H16N2/c1-10-7-11(2)9-12(8-10)14-6-4-3-5-13/h7-9,14H,3-4,6H2,1-2H3. The summed E-state index contributed by atoms with van der Waals surface area (Å²) in [4.78, 5) is 0. The normalized spacial score (nSPS) is 9.50. The number of aryl methyl sites for hydroxylation is 2. The first kappa shape index (κ1) is 10.6. The first-order chi connectivity index (χ1) is 6.72. The van der Waals surface area contributed by atoms with E-state index in [0.29, 0.717) is 6.42 Å². The van der Waals surface area contributed by atoms with E-state index in [1.807, 2.05) is 0 Å². The molecule has 74 valence electrons. The molecule has 0 amide bonds. The summed E-state index contributed by atoms with van der Waals surface area (Å²) in [5.74, 6) is 0. The van der Waals surface area contributed by atoms with Crippen molar-refractivity contribution in [1.82, 2.24) is 0 Å². The van der Waals surface area contributed by atoms with E-state index >= 15 is 0 Å². The van der Waals surface area contributed by atoms with Crippen LogP contribution in [0.3, 0.4) is 0 Å². The highest BCUT2D eigenvalue weighted by atomic mass is 14.9. The average Bonchev–Trinajstić information content (AvgIpc) is 2.11. The summed E-state index contributed by atoms with van der Waals surface area (Å²) in [6.45, 7) is 5.05. The van der Waals surface area contributed by atoms with E-state index in [1.165, 1.54) is 11.1 Å². The van der Waals surface area contributed by atoms with E-state index in [0.717, 1.165) is 18.7 Å². The van der Waals surface area contributed by atoms with Gasteiger partial charge in [0.05, 0.1) is 6.07 Å². The summed E-state index contributed by atoms with van der Waals surface area (Å²) in [6.07, 6.45) is 1.53. The van der Waals surface area contributed by atoms with Crippen LogP contribution in [0.15, 0.2) is 18.2 Å². The highest BCUT2D eigenvalue weighted by Gasteiger charge is 1.94. The lowest BCUT2D eigenvalue weighted by Gasteiger charge is -2.07. The molecule has 14 heavy (non-hydrogen) atoms. The van der Waals surface area contributed by atoms with Crippen LogP contribution in [-0.2, 0) is 0 Å². The van der Waals surface area contributed by atoms with Gasteiger partial charge in [-0.2, -0.15) is 5.26 Å². The number of nitriles is 1. The van der Waals surface area contributed by atoms with Gasteiger partial charge in [0.1, 0.15) is 0 Å². The molecule has 0 spiro atoms. The Labute approximate surface area is 85.6 Å². The Hall–Kier alpha value is -1.49. The maximum absolute atomic E-state index is 8.37. The third-order valence-corrected chi connectivity index (χ3v) is 2.02. The van der Waals surface area contributed by atoms with Gasteiger partial charge in [0.15, 0.2) is 0 Å². The van der Waals surface area contributed by atoms with Crippen LogP contribution in [0.4, 0.5) is 5.69 Å². The zero-order valence-corrected chi connectivity index (χ0v) is 8.80. The maximum atomic E-state index is 8.37. The lowest BCUT2D eigenvalue weighted by atomic mass is 10.1.